The summed E-state index contributed by atoms with van der Waals surface area (Å²) in [6.45, 7) is 4.90. The molecule has 1 rings (SSSR count). The number of anilines is 2. The van der Waals surface area contributed by atoms with Gasteiger partial charge < -0.3 is 15.4 Å². The van der Waals surface area contributed by atoms with Crippen molar-refractivity contribution in [1.29, 1.82) is 0 Å². The molecule has 0 aromatic carbocycles. The van der Waals surface area contributed by atoms with E-state index in [0.29, 0.717) is 24.8 Å². The zero-order valence-electron chi connectivity index (χ0n) is 9.51. The molecule has 0 radical (unpaired) electrons. The molecule has 0 fully saturated rings. The minimum absolute atomic E-state index is 0.170. The van der Waals surface area contributed by atoms with E-state index in [9.17, 15) is 4.79 Å². The number of nitrogens with two attached hydrogens (primary N) is 1. The fourth-order valence-corrected chi connectivity index (χ4v) is 1.21. The Balaban J connectivity index is 2.67. The first kappa shape index (κ1) is 12.2. The van der Waals surface area contributed by atoms with Gasteiger partial charge in [0.2, 0.25) is 0 Å². The fourth-order valence-electron chi connectivity index (χ4n) is 1.21. The molecule has 1 aromatic heterocycles. The molecule has 0 bridgehead atoms. The minimum atomic E-state index is -0.275. The van der Waals surface area contributed by atoms with Gasteiger partial charge >= 0.3 is 5.97 Å². The molecule has 1 heterocycles. The van der Waals surface area contributed by atoms with Crippen molar-refractivity contribution >= 4 is 17.6 Å². The van der Waals surface area contributed by atoms with Crippen LogP contribution in [0.5, 0.6) is 0 Å². The maximum Gasteiger partial charge on any atom is 0.325 e. The highest BCUT2D eigenvalue weighted by Gasteiger charge is 2.11. The average Bonchev–Trinajstić information content (AvgIpc) is 2.27. The Labute approximate surface area is 94.4 Å². The van der Waals surface area contributed by atoms with Crippen LogP contribution in [0.25, 0.3) is 0 Å². The first-order valence-electron chi connectivity index (χ1n) is 5.15. The van der Waals surface area contributed by atoms with Crippen LogP contribution in [-0.4, -0.2) is 35.6 Å². The smallest absolute Gasteiger partial charge is 0.325 e. The van der Waals surface area contributed by atoms with Crippen molar-refractivity contribution in [2.45, 2.75) is 13.8 Å². The number of esters is 1. The molecule has 88 valence electrons. The number of ether oxygens (including phenoxy) is 1. The summed E-state index contributed by atoms with van der Waals surface area (Å²) in [5.74, 6) is 0.698. The van der Waals surface area contributed by atoms with Gasteiger partial charge in [0.25, 0.3) is 0 Å². The molecular formula is C10H16N4O2. The zero-order chi connectivity index (χ0) is 12.0. The Morgan fingerprint density at radius 3 is 2.69 bits per heavy atom. The van der Waals surface area contributed by atoms with Gasteiger partial charge in [-0.3, -0.25) is 4.79 Å². The fraction of sp³-hybridized carbons (Fsp3) is 0.500. The highest BCUT2D eigenvalue weighted by Crippen LogP contribution is 2.09. The van der Waals surface area contributed by atoms with Gasteiger partial charge in [-0.25, -0.2) is 9.97 Å². The van der Waals surface area contributed by atoms with E-state index in [1.165, 1.54) is 12.4 Å². The third-order valence-electron chi connectivity index (χ3n) is 1.99. The number of nitrogens with zero attached hydrogens (tertiary/aromatic N) is 3. The molecule has 6 nitrogen and oxygen atoms in total. The predicted molar refractivity (Wildman–Crippen MR) is 61.0 cm³/mol. The molecule has 16 heavy (non-hydrogen) atoms. The summed E-state index contributed by atoms with van der Waals surface area (Å²) in [5.41, 5.74) is 5.43. The van der Waals surface area contributed by atoms with Crippen LogP contribution >= 0.6 is 0 Å². The second-order valence-corrected chi connectivity index (χ2v) is 3.12. The molecule has 1 aromatic rings. The van der Waals surface area contributed by atoms with Crippen LogP contribution < -0.4 is 10.6 Å². The first-order valence-corrected chi connectivity index (χ1v) is 5.15. The molecule has 0 aliphatic carbocycles. The molecule has 0 saturated heterocycles. The van der Waals surface area contributed by atoms with E-state index in [-0.39, 0.29) is 12.5 Å². The van der Waals surface area contributed by atoms with Crippen LogP contribution in [0.2, 0.25) is 0 Å². The first-order chi connectivity index (χ1) is 7.67. The number of carbonyl (C=O) groups excluding carboxylic acids is 1. The van der Waals surface area contributed by atoms with Crippen LogP contribution in [0.1, 0.15) is 13.8 Å². The van der Waals surface area contributed by atoms with Gasteiger partial charge in [-0.15, -0.1) is 0 Å². The Morgan fingerprint density at radius 2 is 2.19 bits per heavy atom. The third kappa shape index (κ3) is 3.38. The average molecular weight is 224 g/mol. The number of hydrogen-bond acceptors (Lipinski definition) is 6. The number of carbonyl (C=O) groups is 1. The largest absolute Gasteiger partial charge is 0.465 e. The molecule has 0 saturated carbocycles. The van der Waals surface area contributed by atoms with Crippen LogP contribution in [-0.2, 0) is 9.53 Å². The van der Waals surface area contributed by atoms with Gasteiger partial charge in [0, 0.05) is 6.54 Å². The highest BCUT2D eigenvalue weighted by atomic mass is 16.5. The van der Waals surface area contributed by atoms with Gasteiger partial charge in [-0.1, -0.05) is 0 Å². The molecule has 0 spiro atoms. The lowest BCUT2D eigenvalue weighted by atomic mass is 10.4. The van der Waals surface area contributed by atoms with Gasteiger partial charge in [0.1, 0.15) is 18.2 Å². The molecule has 0 atom stereocenters. The van der Waals surface area contributed by atoms with Crippen LogP contribution in [0.3, 0.4) is 0 Å². The lowest BCUT2D eigenvalue weighted by Gasteiger charge is -2.20. The van der Waals surface area contributed by atoms with Gasteiger partial charge in [0.05, 0.1) is 19.0 Å². The minimum Gasteiger partial charge on any atom is -0.465 e. The van der Waals surface area contributed by atoms with Crippen molar-refractivity contribution < 1.29 is 9.53 Å². The van der Waals surface area contributed by atoms with E-state index in [1.54, 1.807) is 11.8 Å². The SMILES string of the molecule is CCOC(=O)CN(CC)c1cnc(N)cn1. The lowest BCUT2D eigenvalue weighted by molar-refractivity contribution is -0.141. The topological polar surface area (TPSA) is 81.3 Å². The summed E-state index contributed by atoms with van der Waals surface area (Å²) in [6.07, 6.45) is 3.00. The van der Waals surface area contributed by atoms with E-state index < -0.39 is 0 Å². The third-order valence-corrected chi connectivity index (χ3v) is 1.99. The summed E-state index contributed by atoms with van der Waals surface area (Å²) >= 11 is 0. The molecule has 0 aliphatic heterocycles. The number of aromatic nitrogens is 2. The molecule has 0 aliphatic rings. The van der Waals surface area contributed by atoms with Crippen molar-refractivity contribution in [2.24, 2.45) is 0 Å². The summed E-state index contributed by atoms with van der Waals surface area (Å²) in [5, 5.41) is 0. The lowest BCUT2D eigenvalue weighted by Crippen LogP contribution is -2.31. The van der Waals surface area contributed by atoms with Gasteiger partial charge in [0.15, 0.2) is 0 Å². The second kappa shape index (κ2) is 5.89. The number of nitrogen functional groups attached to an aromatic ring is 1. The number of likely N-dealkylation sites (N-methyl/N-ethyl adjacent to an activating group) is 1. The van der Waals surface area contributed by atoms with E-state index in [4.69, 9.17) is 10.5 Å². The number of rotatable bonds is 5. The summed E-state index contributed by atoms with van der Waals surface area (Å²) in [6, 6.07) is 0. The van der Waals surface area contributed by atoms with E-state index >= 15 is 0 Å². The van der Waals surface area contributed by atoms with E-state index in [2.05, 4.69) is 9.97 Å². The van der Waals surface area contributed by atoms with Crippen LogP contribution in [0.15, 0.2) is 12.4 Å². The highest BCUT2D eigenvalue weighted by molar-refractivity contribution is 5.75. The molecule has 0 amide bonds. The van der Waals surface area contributed by atoms with E-state index in [0.717, 1.165) is 0 Å². The van der Waals surface area contributed by atoms with Gasteiger partial charge in [-0.05, 0) is 13.8 Å². The maximum absolute atomic E-state index is 11.3. The quantitative estimate of drug-likeness (QED) is 0.731. The summed E-state index contributed by atoms with van der Waals surface area (Å²) < 4.78 is 4.87. The van der Waals surface area contributed by atoms with Crippen molar-refractivity contribution in [1.82, 2.24) is 9.97 Å². The Bertz CT molecular complexity index is 339. The Hall–Kier alpha value is -1.85. The Morgan fingerprint density at radius 1 is 1.44 bits per heavy atom. The summed E-state index contributed by atoms with van der Waals surface area (Å²) in [7, 11) is 0. The van der Waals surface area contributed by atoms with Gasteiger partial charge in [-0.2, -0.15) is 0 Å². The molecule has 0 unspecified atom stereocenters. The van der Waals surface area contributed by atoms with Crippen molar-refractivity contribution in [3.05, 3.63) is 12.4 Å². The van der Waals surface area contributed by atoms with E-state index in [1.807, 2.05) is 6.92 Å². The maximum atomic E-state index is 11.3. The normalized spacial score (nSPS) is 9.88. The zero-order valence-corrected chi connectivity index (χ0v) is 9.51. The van der Waals surface area contributed by atoms with Crippen LogP contribution in [0.4, 0.5) is 11.6 Å². The van der Waals surface area contributed by atoms with Crippen molar-refractivity contribution in [3.63, 3.8) is 0 Å². The van der Waals surface area contributed by atoms with Crippen molar-refractivity contribution in [2.75, 3.05) is 30.3 Å². The summed E-state index contributed by atoms with van der Waals surface area (Å²) in [4.78, 5) is 21.1. The molecular weight excluding hydrogens is 208 g/mol. The monoisotopic (exact) mass is 224 g/mol. The molecule has 6 heteroatoms. The molecule has 2 N–H and O–H groups in total. The second-order valence-electron chi connectivity index (χ2n) is 3.12. The Kier molecular flexibility index (Phi) is 4.50. The van der Waals surface area contributed by atoms with Crippen LogP contribution in [0, 0.1) is 0 Å². The number of hydrogen-bond donors (Lipinski definition) is 1. The predicted octanol–water partition coefficient (Wildman–Crippen LogP) is 0.448. The standard InChI is InChI=1S/C10H16N4O2/c1-3-14(7-10(15)16-4-2)9-6-12-8(11)5-13-9/h5-6H,3-4,7H2,1-2H3,(H2,11,12). The van der Waals surface area contributed by atoms with Crippen molar-refractivity contribution in [3.8, 4) is 0 Å².